The van der Waals surface area contributed by atoms with Crippen molar-refractivity contribution in [3.05, 3.63) is 59.7 Å². The lowest BCUT2D eigenvalue weighted by molar-refractivity contribution is -0.137. The van der Waals surface area contributed by atoms with Gasteiger partial charge in [-0.15, -0.1) is 10.2 Å². The van der Waals surface area contributed by atoms with Crippen LogP contribution >= 0.6 is 0 Å². The van der Waals surface area contributed by atoms with Crippen molar-refractivity contribution in [2.45, 2.75) is 19.6 Å². The molecule has 3 rings (SSSR count). The number of ketones is 1. The molecule has 1 heterocycles. The SMILES string of the molecule is CC(=O)c1ccccc1NC(=O)Cn1nnc(-c2cccc(C(F)(F)F)c2)n1. The number of benzene rings is 2. The first kappa shape index (κ1) is 19.2. The summed E-state index contributed by atoms with van der Waals surface area (Å²) >= 11 is 0. The maximum absolute atomic E-state index is 12.8. The number of anilines is 1. The van der Waals surface area contributed by atoms with E-state index in [1.54, 1.807) is 24.3 Å². The summed E-state index contributed by atoms with van der Waals surface area (Å²) in [4.78, 5) is 24.7. The molecule has 0 unspecified atom stereocenters. The van der Waals surface area contributed by atoms with Crippen LogP contribution in [0.5, 0.6) is 0 Å². The number of nitrogens with one attached hydrogen (secondary N) is 1. The first-order valence-electron chi connectivity index (χ1n) is 8.09. The summed E-state index contributed by atoms with van der Waals surface area (Å²) in [6.07, 6.45) is -4.49. The highest BCUT2D eigenvalue weighted by Crippen LogP contribution is 2.31. The van der Waals surface area contributed by atoms with Crippen molar-refractivity contribution >= 4 is 17.4 Å². The van der Waals surface area contributed by atoms with Gasteiger partial charge in [0.25, 0.3) is 0 Å². The molecule has 2 aromatic carbocycles. The Morgan fingerprint density at radius 2 is 1.86 bits per heavy atom. The molecule has 1 amide bonds. The third-order valence-electron chi connectivity index (χ3n) is 3.77. The second-order valence-corrected chi connectivity index (χ2v) is 5.87. The van der Waals surface area contributed by atoms with E-state index >= 15 is 0 Å². The van der Waals surface area contributed by atoms with E-state index in [2.05, 4.69) is 20.7 Å². The molecule has 0 fully saturated rings. The fourth-order valence-electron chi connectivity index (χ4n) is 2.48. The molecule has 0 aliphatic rings. The minimum absolute atomic E-state index is 0.0389. The molecule has 0 saturated heterocycles. The number of aromatic nitrogens is 4. The van der Waals surface area contributed by atoms with Crippen molar-refractivity contribution in [2.75, 3.05) is 5.32 Å². The normalized spacial score (nSPS) is 11.3. The lowest BCUT2D eigenvalue weighted by atomic mass is 10.1. The van der Waals surface area contributed by atoms with Crippen LogP contribution in [-0.4, -0.2) is 31.9 Å². The van der Waals surface area contributed by atoms with Crippen molar-refractivity contribution in [1.29, 1.82) is 0 Å². The number of carbonyl (C=O) groups excluding carboxylic acids is 2. The van der Waals surface area contributed by atoms with Gasteiger partial charge in [-0.1, -0.05) is 24.3 Å². The zero-order valence-electron chi connectivity index (χ0n) is 14.6. The Labute approximate surface area is 157 Å². The maximum atomic E-state index is 12.8. The molecule has 3 aromatic rings. The topological polar surface area (TPSA) is 89.8 Å². The highest BCUT2D eigenvalue weighted by molar-refractivity contribution is 6.03. The first-order chi connectivity index (χ1) is 13.2. The number of nitrogens with zero attached hydrogens (tertiary/aromatic N) is 4. The molecule has 0 aliphatic carbocycles. The van der Waals surface area contributed by atoms with Gasteiger partial charge in [0.15, 0.2) is 5.78 Å². The van der Waals surface area contributed by atoms with Crippen LogP contribution < -0.4 is 5.32 Å². The van der Waals surface area contributed by atoms with Gasteiger partial charge in [0.1, 0.15) is 6.54 Å². The maximum Gasteiger partial charge on any atom is 0.416 e. The van der Waals surface area contributed by atoms with Gasteiger partial charge in [-0.2, -0.15) is 18.0 Å². The highest BCUT2D eigenvalue weighted by atomic mass is 19.4. The Morgan fingerprint density at radius 1 is 1.11 bits per heavy atom. The minimum Gasteiger partial charge on any atom is -0.324 e. The van der Waals surface area contributed by atoms with E-state index in [0.29, 0.717) is 11.3 Å². The van der Waals surface area contributed by atoms with Crippen molar-refractivity contribution < 1.29 is 22.8 Å². The summed E-state index contributed by atoms with van der Waals surface area (Å²) in [5, 5.41) is 13.9. The van der Waals surface area contributed by atoms with Crippen LogP contribution in [0.15, 0.2) is 48.5 Å². The molecular formula is C18H14F3N5O2. The fourth-order valence-corrected chi connectivity index (χ4v) is 2.48. The fraction of sp³-hybridized carbons (Fsp3) is 0.167. The smallest absolute Gasteiger partial charge is 0.324 e. The minimum atomic E-state index is -4.49. The van der Waals surface area contributed by atoms with Crippen LogP contribution in [0.1, 0.15) is 22.8 Å². The molecule has 1 N–H and O–H groups in total. The summed E-state index contributed by atoms with van der Waals surface area (Å²) in [5.74, 6) is -0.758. The largest absolute Gasteiger partial charge is 0.416 e. The van der Waals surface area contributed by atoms with Crippen LogP contribution in [0.4, 0.5) is 18.9 Å². The second-order valence-electron chi connectivity index (χ2n) is 5.87. The number of hydrogen-bond acceptors (Lipinski definition) is 5. The van der Waals surface area contributed by atoms with Gasteiger partial charge >= 0.3 is 6.18 Å². The first-order valence-corrected chi connectivity index (χ1v) is 8.09. The Balaban J connectivity index is 1.73. The van der Waals surface area contributed by atoms with Gasteiger partial charge in [-0.05, 0) is 36.4 Å². The molecule has 28 heavy (non-hydrogen) atoms. The summed E-state index contributed by atoms with van der Waals surface area (Å²) in [6.45, 7) is 1.06. The predicted octanol–water partition coefficient (Wildman–Crippen LogP) is 3.20. The van der Waals surface area contributed by atoms with Gasteiger partial charge in [0, 0.05) is 11.1 Å². The predicted molar refractivity (Wildman–Crippen MR) is 93.3 cm³/mol. The number of hydrogen-bond donors (Lipinski definition) is 1. The Morgan fingerprint density at radius 3 is 2.57 bits per heavy atom. The Bertz CT molecular complexity index is 1030. The third kappa shape index (κ3) is 4.40. The Hall–Kier alpha value is -3.56. The molecule has 0 aliphatic heterocycles. The van der Waals surface area contributed by atoms with Crippen molar-refractivity contribution in [3.63, 3.8) is 0 Å². The number of alkyl halides is 3. The van der Waals surface area contributed by atoms with Crippen LogP contribution in [0.3, 0.4) is 0 Å². The van der Waals surface area contributed by atoms with Crippen molar-refractivity contribution in [2.24, 2.45) is 0 Å². The number of rotatable bonds is 5. The molecule has 7 nitrogen and oxygen atoms in total. The number of Topliss-reactive ketones (excluding diaryl/α,β-unsaturated/α-hetero) is 1. The van der Waals surface area contributed by atoms with Gasteiger partial charge in [-0.25, -0.2) is 0 Å². The van der Waals surface area contributed by atoms with E-state index < -0.39 is 17.6 Å². The lowest BCUT2D eigenvalue weighted by Crippen LogP contribution is -2.21. The molecule has 0 radical (unpaired) electrons. The summed E-state index contributed by atoms with van der Waals surface area (Å²) in [7, 11) is 0. The van der Waals surface area contributed by atoms with E-state index in [1.165, 1.54) is 19.1 Å². The van der Waals surface area contributed by atoms with Crippen LogP contribution in [0.25, 0.3) is 11.4 Å². The monoisotopic (exact) mass is 389 g/mol. The van der Waals surface area contributed by atoms with Gasteiger partial charge in [0.05, 0.1) is 11.3 Å². The summed E-state index contributed by atoms with van der Waals surface area (Å²) in [6, 6.07) is 11.0. The average Bonchev–Trinajstić information content (AvgIpc) is 3.09. The van der Waals surface area contributed by atoms with E-state index in [0.717, 1.165) is 16.9 Å². The zero-order valence-corrected chi connectivity index (χ0v) is 14.6. The van der Waals surface area contributed by atoms with Crippen LogP contribution in [0.2, 0.25) is 0 Å². The summed E-state index contributed by atoms with van der Waals surface area (Å²) in [5.41, 5.74) is -0.00591. The van der Waals surface area contributed by atoms with Crippen LogP contribution in [-0.2, 0) is 17.5 Å². The quantitative estimate of drug-likeness (QED) is 0.677. The van der Waals surface area contributed by atoms with Gasteiger partial charge in [0.2, 0.25) is 11.7 Å². The summed E-state index contributed by atoms with van der Waals surface area (Å²) < 4.78 is 38.5. The second kappa shape index (κ2) is 7.59. The lowest BCUT2D eigenvalue weighted by Gasteiger charge is -2.08. The number of carbonyl (C=O) groups is 2. The third-order valence-corrected chi connectivity index (χ3v) is 3.77. The molecule has 0 bridgehead atoms. The Kier molecular flexibility index (Phi) is 5.21. The molecule has 0 saturated carbocycles. The van der Waals surface area contributed by atoms with E-state index in [9.17, 15) is 22.8 Å². The number of halogens is 3. The van der Waals surface area contributed by atoms with E-state index in [-0.39, 0.29) is 23.7 Å². The van der Waals surface area contributed by atoms with Crippen molar-refractivity contribution in [1.82, 2.24) is 20.2 Å². The number of amides is 1. The van der Waals surface area contributed by atoms with Gasteiger partial charge in [-0.3, -0.25) is 9.59 Å². The average molecular weight is 389 g/mol. The molecular weight excluding hydrogens is 375 g/mol. The molecule has 0 spiro atoms. The molecule has 1 aromatic heterocycles. The highest BCUT2D eigenvalue weighted by Gasteiger charge is 2.30. The zero-order chi connectivity index (χ0) is 20.3. The van der Waals surface area contributed by atoms with Crippen LogP contribution in [0, 0.1) is 0 Å². The standard InChI is InChI=1S/C18H14F3N5O2/c1-11(27)14-7-2-3-8-15(14)22-16(28)10-26-24-17(23-25-26)12-5-4-6-13(9-12)18(19,20)21/h2-9H,10H2,1H3,(H,22,28). The number of tetrazole rings is 1. The van der Waals surface area contributed by atoms with Gasteiger partial charge < -0.3 is 5.32 Å². The molecule has 144 valence electrons. The van der Waals surface area contributed by atoms with Crippen molar-refractivity contribution in [3.8, 4) is 11.4 Å². The molecule has 10 heteroatoms. The van der Waals surface area contributed by atoms with E-state index in [1.807, 2.05) is 0 Å². The number of para-hydroxylation sites is 1. The molecule has 0 atom stereocenters. The van der Waals surface area contributed by atoms with E-state index in [4.69, 9.17) is 0 Å².